The van der Waals surface area contributed by atoms with Crippen molar-refractivity contribution in [1.29, 1.82) is 0 Å². The molecule has 0 amide bonds. The van der Waals surface area contributed by atoms with Crippen LogP contribution in [0.15, 0.2) is 21.8 Å². The van der Waals surface area contributed by atoms with Crippen molar-refractivity contribution in [2.75, 3.05) is 0 Å². The van der Waals surface area contributed by atoms with E-state index in [0.29, 0.717) is 12.2 Å². The summed E-state index contributed by atoms with van der Waals surface area (Å²) in [5.74, 6) is -0.558. The van der Waals surface area contributed by atoms with Crippen LogP contribution in [-0.4, -0.2) is 34.7 Å². The van der Waals surface area contributed by atoms with Gasteiger partial charge < -0.3 is 9.52 Å². The first-order valence-electron chi connectivity index (χ1n) is 5.64. The molecule has 2 aromatic rings. The molecule has 0 fully saturated rings. The Morgan fingerprint density at radius 3 is 2.85 bits per heavy atom. The molecule has 2 rings (SSSR count). The van der Waals surface area contributed by atoms with Crippen LogP contribution in [0.25, 0.3) is 0 Å². The van der Waals surface area contributed by atoms with Gasteiger partial charge in [-0.3, -0.25) is 5.10 Å². The van der Waals surface area contributed by atoms with Gasteiger partial charge in [0.2, 0.25) is 5.89 Å². The Morgan fingerprint density at radius 1 is 1.50 bits per heavy atom. The molecule has 0 atom stereocenters. The van der Waals surface area contributed by atoms with Crippen molar-refractivity contribution in [2.45, 2.75) is 24.9 Å². The second kappa shape index (κ2) is 5.43. The number of aromatic nitrogens is 3. The van der Waals surface area contributed by atoms with Crippen molar-refractivity contribution in [2.24, 2.45) is 0 Å². The Hall–Kier alpha value is -2.20. The quantitative estimate of drug-likeness (QED) is 0.689. The van der Waals surface area contributed by atoms with Crippen LogP contribution in [-0.2, 0) is 23.0 Å². The minimum absolute atomic E-state index is 0.180. The summed E-state index contributed by atoms with van der Waals surface area (Å²) in [6, 6.07) is 0. The molecule has 0 saturated carbocycles. The average molecular weight is 300 g/mol. The molecular weight excluding hydrogens is 288 g/mol. The van der Waals surface area contributed by atoms with Gasteiger partial charge in [0.25, 0.3) is 10.0 Å². The number of aryl methyl sites for hydroxylation is 1. The summed E-state index contributed by atoms with van der Waals surface area (Å²) < 4.78 is 31.3. The van der Waals surface area contributed by atoms with Gasteiger partial charge in [0.05, 0.1) is 18.9 Å². The second-order valence-corrected chi connectivity index (χ2v) is 5.52. The Morgan fingerprint density at radius 2 is 2.25 bits per heavy atom. The molecule has 20 heavy (non-hydrogen) atoms. The van der Waals surface area contributed by atoms with Crippen LogP contribution in [0.1, 0.15) is 28.9 Å². The molecule has 0 aromatic carbocycles. The fraction of sp³-hybridized carbons (Fsp3) is 0.300. The van der Waals surface area contributed by atoms with E-state index in [1.807, 2.05) is 6.92 Å². The fourth-order valence-corrected chi connectivity index (χ4v) is 2.51. The minimum Gasteiger partial charge on any atom is -0.478 e. The van der Waals surface area contributed by atoms with Gasteiger partial charge in [0.1, 0.15) is 11.3 Å². The van der Waals surface area contributed by atoms with E-state index in [4.69, 9.17) is 9.52 Å². The monoisotopic (exact) mass is 300 g/mol. The number of nitrogens with zero attached hydrogens (tertiary/aromatic N) is 2. The van der Waals surface area contributed by atoms with Crippen molar-refractivity contribution in [1.82, 2.24) is 19.9 Å². The number of aromatic amines is 1. The summed E-state index contributed by atoms with van der Waals surface area (Å²) in [5, 5.41) is 13.9. The van der Waals surface area contributed by atoms with Crippen LogP contribution in [0.4, 0.5) is 0 Å². The summed E-state index contributed by atoms with van der Waals surface area (Å²) >= 11 is 0. The molecule has 0 radical (unpaired) electrons. The lowest BCUT2D eigenvalue weighted by molar-refractivity contribution is 0.0692. The summed E-state index contributed by atoms with van der Waals surface area (Å²) in [7, 11) is -4.04. The first kappa shape index (κ1) is 14.2. The number of hydrogen-bond donors (Lipinski definition) is 3. The zero-order valence-electron chi connectivity index (χ0n) is 10.5. The van der Waals surface area contributed by atoms with Crippen molar-refractivity contribution in [3.63, 3.8) is 0 Å². The van der Waals surface area contributed by atoms with Gasteiger partial charge in [-0.15, -0.1) is 0 Å². The van der Waals surface area contributed by atoms with E-state index < -0.39 is 26.6 Å². The molecule has 0 bridgehead atoms. The van der Waals surface area contributed by atoms with Crippen molar-refractivity contribution >= 4 is 16.0 Å². The van der Waals surface area contributed by atoms with Gasteiger partial charge in [-0.25, -0.2) is 22.9 Å². The van der Waals surface area contributed by atoms with Crippen LogP contribution in [0, 0.1) is 0 Å². The number of rotatable bonds is 6. The predicted octanol–water partition coefficient (Wildman–Crippen LogP) is 0.137. The second-order valence-electron chi connectivity index (χ2n) is 3.82. The highest BCUT2D eigenvalue weighted by molar-refractivity contribution is 7.89. The zero-order chi connectivity index (χ0) is 14.8. The molecular formula is C10H12N4O5S. The third-order valence-electron chi connectivity index (χ3n) is 2.47. The van der Waals surface area contributed by atoms with E-state index in [9.17, 15) is 13.2 Å². The van der Waals surface area contributed by atoms with Crippen LogP contribution >= 0.6 is 0 Å². The number of oxazole rings is 1. The van der Waals surface area contributed by atoms with Gasteiger partial charge in [-0.05, 0) is 0 Å². The van der Waals surface area contributed by atoms with E-state index in [0.717, 1.165) is 6.20 Å². The maximum atomic E-state index is 12.0. The molecule has 0 unspecified atom stereocenters. The van der Waals surface area contributed by atoms with E-state index >= 15 is 0 Å². The number of nitrogens with one attached hydrogen (secondary N) is 2. The van der Waals surface area contributed by atoms with Gasteiger partial charge in [0, 0.05) is 6.42 Å². The highest BCUT2D eigenvalue weighted by Gasteiger charge is 2.25. The van der Waals surface area contributed by atoms with Crippen molar-refractivity contribution in [3.05, 3.63) is 29.6 Å². The molecule has 0 spiro atoms. The maximum Gasteiger partial charge on any atom is 0.340 e. The molecule has 108 valence electrons. The molecule has 0 saturated heterocycles. The number of carboxylic acids is 1. The number of hydrogen-bond acceptors (Lipinski definition) is 6. The average Bonchev–Trinajstić information content (AvgIpc) is 3.05. The molecule has 0 aliphatic heterocycles. The fourth-order valence-electron chi connectivity index (χ4n) is 1.45. The highest BCUT2D eigenvalue weighted by atomic mass is 32.2. The van der Waals surface area contributed by atoms with Crippen molar-refractivity contribution < 1.29 is 22.7 Å². The number of aromatic carboxylic acids is 1. The summed E-state index contributed by atoms with van der Waals surface area (Å²) in [6.07, 6.45) is 3.07. The standard InChI is InChI=1S/C10H12N4O5S/c1-2-6-3-11-8(19-6)5-13-20(17,18)9-7(10(15)16)4-12-14-9/h3-4,13H,2,5H2,1H3,(H,12,14)(H,15,16). The topological polar surface area (TPSA) is 138 Å². The number of H-pyrrole nitrogens is 1. The molecule has 0 aliphatic carbocycles. The lowest BCUT2D eigenvalue weighted by Crippen LogP contribution is -2.25. The van der Waals surface area contributed by atoms with Crippen LogP contribution in [0.2, 0.25) is 0 Å². The van der Waals surface area contributed by atoms with E-state index in [1.165, 1.54) is 6.20 Å². The minimum atomic E-state index is -4.04. The van der Waals surface area contributed by atoms with E-state index in [2.05, 4.69) is 19.9 Å². The van der Waals surface area contributed by atoms with Gasteiger partial charge in [-0.1, -0.05) is 6.92 Å². The van der Waals surface area contributed by atoms with Gasteiger partial charge in [-0.2, -0.15) is 5.10 Å². The lowest BCUT2D eigenvalue weighted by Gasteiger charge is -2.03. The molecule has 0 aliphatic rings. The van der Waals surface area contributed by atoms with Crippen molar-refractivity contribution in [3.8, 4) is 0 Å². The first-order chi connectivity index (χ1) is 9.44. The lowest BCUT2D eigenvalue weighted by atomic mass is 10.4. The number of sulfonamides is 1. The predicted molar refractivity (Wildman–Crippen MR) is 65.5 cm³/mol. The Balaban J connectivity index is 2.15. The Bertz CT molecular complexity index is 718. The summed E-state index contributed by atoms with van der Waals surface area (Å²) in [6.45, 7) is 1.69. The normalized spacial score (nSPS) is 11.7. The largest absolute Gasteiger partial charge is 0.478 e. The van der Waals surface area contributed by atoms with E-state index in [1.54, 1.807) is 0 Å². The number of carboxylic acid groups (broad SMARTS) is 1. The zero-order valence-corrected chi connectivity index (χ0v) is 11.3. The molecule has 2 aromatic heterocycles. The maximum absolute atomic E-state index is 12.0. The molecule has 2 heterocycles. The van der Waals surface area contributed by atoms with Gasteiger partial charge >= 0.3 is 5.97 Å². The Kier molecular flexibility index (Phi) is 3.86. The molecule has 9 nitrogen and oxygen atoms in total. The van der Waals surface area contributed by atoms with E-state index in [-0.39, 0.29) is 12.4 Å². The van der Waals surface area contributed by atoms with Crippen LogP contribution < -0.4 is 4.72 Å². The molecule has 10 heteroatoms. The smallest absolute Gasteiger partial charge is 0.340 e. The SMILES string of the molecule is CCc1cnc(CNS(=O)(=O)c2[nH]ncc2C(=O)O)o1. The summed E-state index contributed by atoms with van der Waals surface area (Å²) in [5.41, 5.74) is -0.431. The third kappa shape index (κ3) is 2.86. The number of carbonyl (C=O) groups is 1. The third-order valence-corrected chi connectivity index (χ3v) is 3.84. The first-order valence-corrected chi connectivity index (χ1v) is 7.12. The summed E-state index contributed by atoms with van der Waals surface area (Å²) in [4.78, 5) is 14.8. The van der Waals surface area contributed by atoms with Crippen LogP contribution in [0.3, 0.4) is 0 Å². The molecule has 3 N–H and O–H groups in total. The van der Waals surface area contributed by atoms with Gasteiger partial charge in [0.15, 0.2) is 5.03 Å². The highest BCUT2D eigenvalue weighted by Crippen LogP contribution is 2.12. The Labute approximate surface area is 114 Å². The van der Waals surface area contributed by atoms with Crippen LogP contribution in [0.5, 0.6) is 0 Å².